The summed E-state index contributed by atoms with van der Waals surface area (Å²) in [7, 11) is 0. The second-order valence-corrected chi connectivity index (χ2v) is 24.0. The Morgan fingerprint density at radius 2 is 0.740 bits per heavy atom. The number of aliphatic hydroxyl groups is 5. The van der Waals surface area contributed by atoms with Crippen LogP contribution in [0.1, 0.15) is 348 Å². The number of hydrogen-bond acceptors (Lipinski definition) is 8. The van der Waals surface area contributed by atoms with Crippen molar-refractivity contribution in [3.05, 3.63) is 24.3 Å². The fraction of sp³-hybridized carbons (Fsp3) is 0.926. The number of amides is 1. The van der Waals surface area contributed by atoms with E-state index in [0.29, 0.717) is 6.42 Å². The molecule has 0 aromatic heterocycles. The molecule has 0 aromatic rings. The summed E-state index contributed by atoms with van der Waals surface area (Å²) in [6.07, 6.45) is 68.6. The first-order valence-electron chi connectivity index (χ1n) is 34.1. The fourth-order valence-electron chi connectivity index (χ4n) is 11.2. The Morgan fingerprint density at radius 3 is 1.09 bits per heavy atom. The van der Waals surface area contributed by atoms with Gasteiger partial charge in [0.05, 0.1) is 25.4 Å². The minimum atomic E-state index is -1.57. The van der Waals surface area contributed by atoms with Gasteiger partial charge < -0.3 is 40.3 Å². The van der Waals surface area contributed by atoms with Crippen LogP contribution in [0, 0.1) is 0 Å². The van der Waals surface area contributed by atoms with E-state index in [9.17, 15) is 30.3 Å². The number of nitrogens with one attached hydrogen (secondary N) is 1. The van der Waals surface area contributed by atoms with Gasteiger partial charge in [0.15, 0.2) is 6.29 Å². The highest BCUT2D eigenvalue weighted by Gasteiger charge is 2.44. The number of carbonyl (C=O) groups is 1. The highest BCUT2D eigenvalue weighted by molar-refractivity contribution is 5.76. The number of carbonyl (C=O) groups excluding carboxylic acids is 1. The van der Waals surface area contributed by atoms with Gasteiger partial charge in [0.2, 0.25) is 5.91 Å². The predicted octanol–water partition coefficient (Wildman–Crippen LogP) is 18.1. The Bertz CT molecular complexity index is 1260. The maximum absolute atomic E-state index is 13.1. The Hall–Kier alpha value is -1.33. The summed E-state index contributed by atoms with van der Waals surface area (Å²) in [6.45, 7) is 3.82. The minimum absolute atomic E-state index is 0.178. The number of hydrogen-bond donors (Lipinski definition) is 6. The molecule has 0 spiro atoms. The molecule has 456 valence electrons. The molecule has 1 rings (SSSR count). The molecule has 1 fully saturated rings. The molecule has 1 heterocycles. The van der Waals surface area contributed by atoms with Gasteiger partial charge in [0.25, 0.3) is 0 Å². The minimum Gasteiger partial charge on any atom is -0.394 e. The van der Waals surface area contributed by atoms with Crippen LogP contribution in [0.15, 0.2) is 24.3 Å². The van der Waals surface area contributed by atoms with Gasteiger partial charge in [-0.2, -0.15) is 0 Å². The third kappa shape index (κ3) is 46.9. The van der Waals surface area contributed by atoms with E-state index in [1.807, 2.05) is 6.08 Å². The number of allylic oxidation sites excluding steroid dienone is 3. The maximum Gasteiger partial charge on any atom is 0.220 e. The standard InChI is InChI=1S/C68H131NO8/c1-3-5-7-9-11-13-15-17-19-21-23-25-27-28-29-30-31-32-33-34-35-36-38-40-42-44-46-48-50-52-54-56-58-64(72)69-61(60-76-68-67(75)66(74)65(73)63(59-70)77-68)62(71)57-55-53-51-49-47-45-43-41-39-37-26-24-22-20-18-16-14-12-10-8-6-4-2/h47,49,55,57,61-63,65-68,70-71,73-75H,3-46,48,50-54,56,58-60H2,1-2H3,(H,69,72)/b49-47+,57-55+. The van der Waals surface area contributed by atoms with Gasteiger partial charge in [0.1, 0.15) is 24.4 Å². The molecule has 9 heteroatoms. The maximum atomic E-state index is 13.1. The molecule has 7 atom stereocenters. The van der Waals surface area contributed by atoms with Crippen LogP contribution in [-0.2, 0) is 14.3 Å². The fourth-order valence-corrected chi connectivity index (χ4v) is 11.2. The topological polar surface area (TPSA) is 149 Å². The Morgan fingerprint density at radius 1 is 0.429 bits per heavy atom. The zero-order valence-electron chi connectivity index (χ0n) is 51.0. The van der Waals surface area contributed by atoms with Crippen LogP contribution >= 0.6 is 0 Å². The van der Waals surface area contributed by atoms with E-state index >= 15 is 0 Å². The van der Waals surface area contributed by atoms with E-state index in [1.165, 1.54) is 289 Å². The third-order valence-corrected chi connectivity index (χ3v) is 16.5. The molecular formula is C68H131NO8. The zero-order valence-corrected chi connectivity index (χ0v) is 51.0. The van der Waals surface area contributed by atoms with E-state index in [1.54, 1.807) is 6.08 Å². The molecule has 0 radical (unpaired) electrons. The van der Waals surface area contributed by atoms with Crippen molar-refractivity contribution in [3.8, 4) is 0 Å². The Kier molecular flexibility index (Phi) is 55.4. The molecule has 9 nitrogen and oxygen atoms in total. The molecule has 7 unspecified atom stereocenters. The number of unbranched alkanes of at least 4 members (excludes halogenated alkanes) is 48. The van der Waals surface area contributed by atoms with Gasteiger partial charge in [-0.1, -0.05) is 334 Å². The summed E-state index contributed by atoms with van der Waals surface area (Å²) in [6, 6.07) is -0.820. The first kappa shape index (κ1) is 73.7. The van der Waals surface area contributed by atoms with Crippen LogP contribution < -0.4 is 5.32 Å². The van der Waals surface area contributed by atoms with Crippen molar-refractivity contribution in [2.45, 2.75) is 391 Å². The number of rotatable bonds is 60. The van der Waals surface area contributed by atoms with Crippen molar-refractivity contribution in [1.29, 1.82) is 0 Å². The van der Waals surface area contributed by atoms with E-state index < -0.39 is 49.5 Å². The van der Waals surface area contributed by atoms with Crippen LogP contribution in [0.5, 0.6) is 0 Å². The van der Waals surface area contributed by atoms with Gasteiger partial charge in [-0.3, -0.25) is 4.79 Å². The normalized spacial score (nSPS) is 18.8. The quantitative estimate of drug-likeness (QED) is 0.0261. The average Bonchev–Trinajstić information content (AvgIpc) is 3.43. The summed E-state index contributed by atoms with van der Waals surface area (Å²) < 4.78 is 11.3. The first-order valence-corrected chi connectivity index (χ1v) is 34.1. The van der Waals surface area contributed by atoms with Crippen molar-refractivity contribution in [2.24, 2.45) is 0 Å². The molecule has 6 N–H and O–H groups in total. The van der Waals surface area contributed by atoms with Gasteiger partial charge >= 0.3 is 0 Å². The lowest BCUT2D eigenvalue weighted by Gasteiger charge is -2.40. The summed E-state index contributed by atoms with van der Waals surface area (Å²) in [5.74, 6) is -0.178. The van der Waals surface area contributed by atoms with E-state index in [-0.39, 0.29) is 12.5 Å². The van der Waals surface area contributed by atoms with E-state index in [4.69, 9.17) is 9.47 Å². The van der Waals surface area contributed by atoms with Gasteiger partial charge in [-0.05, 0) is 32.1 Å². The summed E-state index contributed by atoms with van der Waals surface area (Å²) in [5.41, 5.74) is 0. The summed E-state index contributed by atoms with van der Waals surface area (Å²) in [4.78, 5) is 13.1. The van der Waals surface area contributed by atoms with E-state index in [2.05, 4.69) is 31.3 Å². The SMILES string of the molecule is CCCCCCCCCCCCCCCCCC/C=C/CC/C=C/C(O)C(COC1OC(CO)C(O)C(O)C1O)NC(=O)CCCCCCCCCCCCCCCCCCCCCCCCCCCCCCCCCC. The molecule has 1 saturated heterocycles. The molecule has 1 aliphatic rings. The molecule has 1 aliphatic heterocycles. The Labute approximate surface area is 477 Å². The molecule has 0 aromatic carbocycles. The molecule has 0 saturated carbocycles. The van der Waals surface area contributed by atoms with Gasteiger partial charge in [-0.15, -0.1) is 0 Å². The second-order valence-electron chi connectivity index (χ2n) is 24.0. The lowest BCUT2D eigenvalue weighted by atomic mass is 9.99. The molecule has 0 bridgehead atoms. The van der Waals surface area contributed by atoms with Crippen LogP contribution in [-0.4, -0.2) is 87.5 Å². The smallest absolute Gasteiger partial charge is 0.220 e. The van der Waals surface area contributed by atoms with Crippen molar-refractivity contribution < 1.29 is 39.8 Å². The lowest BCUT2D eigenvalue weighted by molar-refractivity contribution is -0.302. The highest BCUT2D eigenvalue weighted by atomic mass is 16.7. The van der Waals surface area contributed by atoms with Crippen LogP contribution in [0.25, 0.3) is 0 Å². The van der Waals surface area contributed by atoms with Crippen LogP contribution in [0.4, 0.5) is 0 Å². The van der Waals surface area contributed by atoms with Gasteiger partial charge in [0, 0.05) is 6.42 Å². The molecule has 1 amide bonds. The van der Waals surface area contributed by atoms with Crippen molar-refractivity contribution in [2.75, 3.05) is 13.2 Å². The summed E-state index contributed by atoms with van der Waals surface area (Å²) in [5, 5.41) is 54.7. The summed E-state index contributed by atoms with van der Waals surface area (Å²) >= 11 is 0. The largest absolute Gasteiger partial charge is 0.394 e. The number of aliphatic hydroxyl groups excluding tert-OH is 5. The highest BCUT2D eigenvalue weighted by Crippen LogP contribution is 2.23. The van der Waals surface area contributed by atoms with Crippen LogP contribution in [0.2, 0.25) is 0 Å². The lowest BCUT2D eigenvalue weighted by Crippen LogP contribution is -2.60. The monoisotopic (exact) mass is 1090 g/mol. The average molecular weight is 1090 g/mol. The number of ether oxygens (including phenoxy) is 2. The molecule has 0 aliphatic carbocycles. The van der Waals surface area contributed by atoms with Gasteiger partial charge in [-0.25, -0.2) is 0 Å². The third-order valence-electron chi connectivity index (χ3n) is 16.5. The molecular weight excluding hydrogens is 959 g/mol. The van der Waals surface area contributed by atoms with Crippen molar-refractivity contribution >= 4 is 5.91 Å². The second kappa shape index (κ2) is 57.9. The zero-order chi connectivity index (χ0) is 55.8. The Balaban J connectivity index is 2.13. The van der Waals surface area contributed by atoms with Crippen molar-refractivity contribution in [3.63, 3.8) is 0 Å². The molecule has 77 heavy (non-hydrogen) atoms. The van der Waals surface area contributed by atoms with E-state index in [0.717, 1.165) is 38.5 Å². The first-order chi connectivity index (χ1) is 37.8. The predicted molar refractivity (Wildman–Crippen MR) is 327 cm³/mol. The van der Waals surface area contributed by atoms with Crippen molar-refractivity contribution in [1.82, 2.24) is 5.32 Å². The van der Waals surface area contributed by atoms with Crippen LogP contribution in [0.3, 0.4) is 0 Å².